The van der Waals surface area contributed by atoms with Crippen molar-refractivity contribution >= 4 is 34.6 Å². The third-order valence-electron chi connectivity index (χ3n) is 2.80. The molecule has 2 rings (SSSR count). The molecule has 0 atom stereocenters. The molecule has 20 heavy (non-hydrogen) atoms. The number of carbonyl (C=O) groups excluding carboxylic acids is 1. The lowest BCUT2D eigenvalue weighted by atomic mass is 10.2. The van der Waals surface area contributed by atoms with Gasteiger partial charge in [0.25, 0.3) is 0 Å². The van der Waals surface area contributed by atoms with E-state index in [1.807, 2.05) is 55.5 Å². The minimum atomic E-state index is 0.0410. The number of hydrogen-bond acceptors (Lipinski definition) is 2. The van der Waals surface area contributed by atoms with Gasteiger partial charge in [-0.1, -0.05) is 30.7 Å². The molecule has 0 fully saturated rings. The van der Waals surface area contributed by atoms with Crippen LogP contribution in [0.15, 0.2) is 48.5 Å². The number of rotatable bonds is 5. The van der Waals surface area contributed by atoms with E-state index in [1.165, 1.54) is 0 Å². The van der Waals surface area contributed by atoms with Gasteiger partial charge in [0, 0.05) is 17.8 Å². The van der Waals surface area contributed by atoms with Gasteiger partial charge in [0.2, 0.25) is 5.91 Å². The van der Waals surface area contributed by atoms with Crippen molar-refractivity contribution < 1.29 is 4.79 Å². The van der Waals surface area contributed by atoms with E-state index in [0.717, 1.165) is 23.5 Å². The summed E-state index contributed by atoms with van der Waals surface area (Å²) in [6.07, 6.45) is 1.39. The minimum Gasteiger partial charge on any atom is -0.354 e. The van der Waals surface area contributed by atoms with Crippen LogP contribution in [0.1, 0.15) is 19.8 Å². The molecule has 0 radical (unpaired) electrons. The Bertz CT molecular complexity index is 581. The molecule has 0 spiro atoms. The summed E-state index contributed by atoms with van der Waals surface area (Å²) in [5.41, 5.74) is 2.58. The molecule has 2 N–H and O–H groups in total. The van der Waals surface area contributed by atoms with E-state index in [4.69, 9.17) is 11.6 Å². The summed E-state index contributed by atoms with van der Waals surface area (Å²) in [6, 6.07) is 15.1. The zero-order valence-electron chi connectivity index (χ0n) is 11.3. The summed E-state index contributed by atoms with van der Waals surface area (Å²) in [4.78, 5) is 11.5. The molecule has 104 valence electrons. The Balaban J connectivity index is 2.02. The molecule has 0 bridgehead atoms. The zero-order valence-corrected chi connectivity index (χ0v) is 12.1. The molecule has 2 aromatic rings. The molecule has 0 saturated carbocycles. The molecular formula is C16H17ClN2O. The first-order valence-corrected chi connectivity index (χ1v) is 6.98. The number of anilines is 3. The van der Waals surface area contributed by atoms with Gasteiger partial charge in [-0.3, -0.25) is 4.79 Å². The third-order valence-corrected chi connectivity index (χ3v) is 3.13. The number of nitrogens with one attached hydrogen (secondary N) is 2. The van der Waals surface area contributed by atoms with Crippen molar-refractivity contribution in [3.05, 3.63) is 53.6 Å². The van der Waals surface area contributed by atoms with Gasteiger partial charge in [0.15, 0.2) is 0 Å². The Kier molecular flexibility index (Phi) is 5.02. The highest BCUT2D eigenvalue weighted by molar-refractivity contribution is 6.33. The summed E-state index contributed by atoms with van der Waals surface area (Å²) in [6.45, 7) is 1.98. The molecule has 0 saturated heterocycles. The Morgan fingerprint density at radius 1 is 1.05 bits per heavy atom. The van der Waals surface area contributed by atoms with Gasteiger partial charge < -0.3 is 10.6 Å². The molecule has 4 heteroatoms. The lowest BCUT2D eigenvalue weighted by Crippen LogP contribution is -2.10. The number of para-hydroxylation sites is 1. The predicted molar refractivity (Wildman–Crippen MR) is 84.7 cm³/mol. The van der Waals surface area contributed by atoms with Gasteiger partial charge in [-0.15, -0.1) is 0 Å². The van der Waals surface area contributed by atoms with Crippen molar-refractivity contribution in [1.82, 2.24) is 0 Å². The average Bonchev–Trinajstić information content (AvgIpc) is 2.44. The van der Waals surface area contributed by atoms with Crippen LogP contribution in [0.3, 0.4) is 0 Å². The standard InChI is InChI=1S/C16H17ClN2O/c1-2-5-16(20)19-13-10-8-12(9-11-13)18-15-7-4-3-6-14(15)17/h3-4,6-11,18H,2,5H2,1H3,(H,19,20). The van der Waals surface area contributed by atoms with Crippen LogP contribution in [0.4, 0.5) is 17.1 Å². The maximum Gasteiger partial charge on any atom is 0.224 e. The second kappa shape index (κ2) is 6.96. The quantitative estimate of drug-likeness (QED) is 0.828. The van der Waals surface area contributed by atoms with Gasteiger partial charge in [0.05, 0.1) is 10.7 Å². The van der Waals surface area contributed by atoms with E-state index in [1.54, 1.807) is 0 Å². The molecular weight excluding hydrogens is 272 g/mol. The van der Waals surface area contributed by atoms with E-state index in [9.17, 15) is 4.79 Å². The largest absolute Gasteiger partial charge is 0.354 e. The highest BCUT2D eigenvalue weighted by Gasteiger charge is 2.02. The van der Waals surface area contributed by atoms with Gasteiger partial charge >= 0.3 is 0 Å². The second-order valence-corrected chi connectivity index (χ2v) is 4.89. The first kappa shape index (κ1) is 14.4. The van der Waals surface area contributed by atoms with Gasteiger partial charge in [-0.05, 0) is 42.8 Å². The average molecular weight is 289 g/mol. The SMILES string of the molecule is CCCC(=O)Nc1ccc(Nc2ccccc2Cl)cc1. The van der Waals surface area contributed by atoms with Crippen molar-refractivity contribution in [3.8, 4) is 0 Å². The predicted octanol–water partition coefficient (Wildman–Crippen LogP) is 4.82. The number of amides is 1. The Morgan fingerprint density at radius 2 is 1.70 bits per heavy atom. The fourth-order valence-electron chi connectivity index (χ4n) is 1.81. The number of benzene rings is 2. The molecule has 0 aliphatic heterocycles. The van der Waals surface area contributed by atoms with Crippen LogP contribution >= 0.6 is 11.6 Å². The summed E-state index contributed by atoms with van der Waals surface area (Å²) in [5, 5.41) is 6.76. The Morgan fingerprint density at radius 3 is 2.35 bits per heavy atom. The van der Waals surface area contributed by atoms with Crippen LogP contribution in [0.5, 0.6) is 0 Å². The van der Waals surface area contributed by atoms with Crippen molar-refractivity contribution in [2.75, 3.05) is 10.6 Å². The van der Waals surface area contributed by atoms with E-state index in [-0.39, 0.29) is 5.91 Å². The van der Waals surface area contributed by atoms with Crippen LogP contribution in [0.2, 0.25) is 5.02 Å². The summed E-state index contributed by atoms with van der Waals surface area (Å²) in [7, 11) is 0. The molecule has 1 amide bonds. The van der Waals surface area contributed by atoms with Crippen molar-refractivity contribution in [1.29, 1.82) is 0 Å². The maximum absolute atomic E-state index is 11.5. The van der Waals surface area contributed by atoms with E-state index < -0.39 is 0 Å². The van der Waals surface area contributed by atoms with Gasteiger partial charge in [-0.2, -0.15) is 0 Å². The molecule has 0 aliphatic rings. The van der Waals surface area contributed by atoms with Gasteiger partial charge in [-0.25, -0.2) is 0 Å². The highest BCUT2D eigenvalue weighted by atomic mass is 35.5. The molecule has 0 aliphatic carbocycles. The molecule has 0 unspecified atom stereocenters. The number of halogens is 1. The maximum atomic E-state index is 11.5. The van der Waals surface area contributed by atoms with Crippen molar-refractivity contribution in [2.45, 2.75) is 19.8 Å². The first-order chi connectivity index (χ1) is 9.69. The van der Waals surface area contributed by atoms with E-state index >= 15 is 0 Å². The van der Waals surface area contributed by atoms with Crippen LogP contribution in [-0.2, 0) is 4.79 Å². The number of hydrogen-bond donors (Lipinski definition) is 2. The Labute approximate surface area is 124 Å². The van der Waals surface area contributed by atoms with Crippen LogP contribution in [-0.4, -0.2) is 5.91 Å². The minimum absolute atomic E-state index is 0.0410. The van der Waals surface area contributed by atoms with E-state index in [0.29, 0.717) is 11.4 Å². The second-order valence-electron chi connectivity index (χ2n) is 4.48. The summed E-state index contributed by atoms with van der Waals surface area (Å²) in [5.74, 6) is 0.0410. The van der Waals surface area contributed by atoms with Crippen molar-refractivity contribution in [2.24, 2.45) is 0 Å². The first-order valence-electron chi connectivity index (χ1n) is 6.60. The number of carbonyl (C=O) groups is 1. The van der Waals surface area contributed by atoms with Crippen LogP contribution in [0.25, 0.3) is 0 Å². The van der Waals surface area contributed by atoms with Crippen molar-refractivity contribution in [3.63, 3.8) is 0 Å². The summed E-state index contributed by atoms with van der Waals surface area (Å²) < 4.78 is 0. The summed E-state index contributed by atoms with van der Waals surface area (Å²) >= 11 is 6.09. The third kappa shape index (κ3) is 4.00. The monoisotopic (exact) mass is 288 g/mol. The fourth-order valence-corrected chi connectivity index (χ4v) is 1.99. The lowest BCUT2D eigenvalue weighted by molar-refractivity contribution is -0.116. The molecule has 0 heterocycles. The topological polar surface area (TPSA) is 41.1 Å². The highest BCUT2D eigenvalue weighted by Crippen LogP contribution is 2.25. The molecule has 3 nitrogen and oxygen atoms in total. The van der Waals surface area contributed by atoms with Crippen LogP contribution in [0, 0.1) is 0 Å². The molecule has 0 aromatic heterocycles. The Hall–Kier alpha value is -2.00. The fraction of sp³-hybridized carbons (Fsp3) is 0.188. The van der Waals surface area contributed by atoms with Gasteiger partial charge in [0.1, 0.15) is 0 Å². The normalized spacial score (nSPS) is 10.1. The zero-order chi connectivity index (χ0) is 14.4. The molecule has 2 aromatic carbocycles. The van der Waals surface area contributed by atoms with E-state index in [2.05, 4.69) is 10.6 Å². The lowest BCUT2D eigenvalue weighted by Gasteiger charge is -2.09. The smallest absolute Gasteiger partial charge is 0.224 e. The van der Waals surface area contributed by atoms with Crippen LogP contribution < -0.4 is 10.6 Å².